The SMILES string of the molecule is CC(C)C[C@H](NC(=O)[C@H](CO)NC(=O)[C@H](Cc1ccccc1)NC(=O)[C@H](CC(N)=O)NC(=O)[C@H](CCCN=C(N)N)NC(=O)[C@H](CC(C)C)NC(=O)[C@H](Cc1ccccc1)NC(=O)[C@@H](NC(=O)[C@@H](N)Cc1ccccc1)C(C)C)C(=O)O. The number of rotatable bonds is 35. The first kappa shape index (κ1) is 67.8. The van der Waals surface area contributed by atoms with Crippen molar-refractivity contribution < 1.29 is 58.2 Å². The van der Waals surface area contributed by atoms with Crippen molar-refractivity contribution in [3.8, 4) is 0 Å². The van der Waals surface area contributed by atoms with E-state index in [0.29, 0.717) is 11.1 Å². The number of aliphatic imine (C=N–C) groups is 1. The minimum atomic E-state index is -1.79. The summed E-state index contributed by atoms with van der Waals surface area (Å²) in [6.45, 7) is 9.49. The number of primary amides is 1. The quantitative estimate of drug-likeness (QED) is 0.0184. The zero-order chi connectivity index (χ0) is 61.1. The molecule has 448 valence electrons. The smallest absolute Gasteiger partial charge is 0.326 e. The Morgan fingerprint density at radius 2 is 0.841 bits per heavy atom. The van der Waals surface area contributed by atoms with Crippen molar-refractivity contribution in [2.45, 2.75) is 147 Å². The molecule has 0 unspecified atom stereocenters. The Morgan fingerprint density at radius 3 is 1.29 bits per heavy atom. The summed E-state index contributed by atoms with van der Waals surface area (Å²) in [5.74, 6) is -10.6. The number of aliphatic hydroxyl groups excluding tert-OH is 1. The minimum absolute atomic E-state index is 0.0182. The summed E-state index contributed by atoms with van der Waals surface area (Å²) in [7, 11) is 0. The van der Waals surface area contributed by atoms with Gasteiger partial charge in [0.15, 0.2) is 5.96 Å². The topological polar surface area (TPSA) is 424 Å². The van der Waals surface area contributed by atoms with Crippen LogP contribution >= 0.6 is 0 Å². The van der Waals surface area contributed by atoms with Gasteiger partial charge in [-0.15, -0.1) is 0 Å². The lowest BCUT2D eigenvalue weighted by molar-refractivity contribution is -0.143. The summed E-state index contributed by atoms with van der Waals surface area (Å²) >= 11 is 0. The lowest BCUT2D eigenvalue weighted by Gasteiger charge is -2.29. The fraction of sp³-hybridized carbons (Fsp3) is 0.491. The van der Waals surface area contributed by atoms with E-state index in [1.807, 2.05) is 30.3 Å². The fourth-order valence-corrected chi connectivity index (χ4v) is 8.54. The van der Waals surface area contributed by atoms with Crippen molar-refractivity contribution in [3.05, 3.63) is 108 Å². The number of benzene rings is 3. The van der Waals surface area contributed by atoms with E-state index in [1.54, 1.807) is 102 Å². The normalized spacial score (nSPS) is 14.4. The second-order valence-electron chi connectivity index (χ2n) is 21.2. The predicted octanol–water partition coefficient (Wildman–Crippen LogP) is -1.33. The monoisotopic (exact) mass is 1140 g/mol. The number of nitrogens with one attached hydrogen (secondary N) is 8. The number of aliphatic carboxylic acids is 1. The third kappa shape index (κ3) is 24.5. The molecule has 18 N–H and O–H groups in total. The van der Waals surface area contributed by atoms with Crippen LogP contribution in [0.5, 0.6) is 0 Å². The molecular formula is C57H83N13O12. The highest BCUT2D eigenvalue weighted by Gasteiger charge is 2.36. The van der Waals surface area contributed by atoms with Crippen LogP contribution in [0.1, 0.15) is 90.3 Å². The first-order valence-electron chi connectivity index (χ1n) is 27.3. The fourth-order valence-electron chi connectivity index (χ4n) is 8.54. The molecule has 3 aromatic rings. The number of hydrogen-bond acceptors (Lipinski definition) is 13. The van der Waals surface area contributed by atoms with Gasteiger partial charge in [-0.05, 0) is 66.5 Å². The van der Waals surface area contributed by atoms with Crippen molar-refractivity contribution in [2.24, 2.45) is 45.7 Å². The van der Waals surface area contributed by atoms with Gasteiger partial charge >= 0.3 is 5.97 Å². The molecule has 0 fully saturated rings. The van der Waals surface area contributed by atoms with Crippen molar-refractivity contribution in [1.29, 1.82) is 0 Å². The number of carboxylic acid groups (broad SMARTS) is 1. The Morgan fingerprint density at radius 1 is 0.463 bits per heavy atom. The molecule has 0 aliphatic heterocycles. The summed E-state index contributed by atoms with van der Waals surface area (Å²) in [6.07, 6.45) is -0.925. The van der Waals surface area contributed by atoms with Crippen molar-refractivity contribution in [2.75, 3.05) is 13.2 Å². The van der Waals surface area contributed by atoms with Gasteiger partial charge in [-0.2, -0.15) is 0 Å². The zero-order valence-electron chi connectivity index (χ0n) is 47.4. The number of carboxylic acids is 1. The van der Waals surface area contributed by atoms with Gasteiger partial charge < -0.3 is 75.7 Å². The molecule has 0 bridgehead atoms. The Labute approximate surface area is 478 Å². The van der Waals surface area contributed by atoms with E-state index < -0.39 is 132 Å². The van der Waals surface area contributed by atoms with Gasteiger partial charge in [0.1, 0.15) is 48.3 Å². The standard InChI is InChI=1S/C57H83N13O12/c1-32(2)25-40(64-51(76)42(29-37-21-14-9-15-22-37)67-55(80)47(34(5)6)70-48(73)38(58)27-35-17-10-7-11-18-35)50(75)63-39(23-16-24-62-57(60)61)49(74)66-43(30-46(59)72)53(78)65-41(28-36-19-12-8-13-20-36)52(77)69-45(31-71)54(79)68-44(56(81)82)26-33(3)4/h7-15,17-22,32-34,38-45,47,71H,16,23-31,58H2,1-6H3,(H2,59,72)(H,63,75)(H,64,76)(H,65,78)(H,66,74)(H,67,80)(H,68,79)(H,69,77)(H,70,73)(H,81,82)(H4,60,61,62)/t38-,39-,40-,41-,42-,43-,44-,45-,47-/m0/s1. The lowest BCUT2D eigenvalue weighted by atomic mass is 9.98. The van der Waals surface area contributed by atoms with Gasteiger partial charge in [0.2, 0.25) is 53.2 Å². The zero-order valence-corrected chi connectivity index (χ0v) is 47.4. The summed E-state index contributed by atoms with van der Waals surface area (Å²) in [5.41, 5.74) is 24.9. The highest BCUT2D eigenvalue weighted by Crippen LogP contribution is 2.13. The van der Waals surface area contributed by atoms with Crippen LogP contribution in [0.15, 0.2) is 96.0 Å². The summed E-state index contributed by atoms with van der Waals surface area (Å²) in [4.78, 5) is 141. The van der Waals surface area contributed by atoms with Crippen LogP contribution < -0.4 is 65.5 Å². The van der Waals surface area contributed by atoms with Gasteiger partial charge in [0.25, 0.3) is 0 Å². The molecule has 3 aromatic carbocycles. The van der Waals surface area contributed by atoms with Crippen molar-refractivity contribution in [3.63, 3.8) is 0 Å². The van der Waals surface area contributed by atoms with Gasteiger partial charge in [0.05, 0.1) is 19.1 Å². The molecule has 0 aromatic heterocycles. The Hall–Kier alpha value is -8.45. The van der Waals surface area contributed by atoms with Crippen LogP contribution in [0.2, 0.25) is 0 Å². The number of guanidine groups is 1. The molecular weight excluding hydrogens is 1060 g/mol. The molecule has 82 heavy (non-hydrogen) atoms. The Kier molecular flexibility index (Phi) is 28.7. The average molecular weight is 1140 g/mol. The van der Waals surface area contributed by atoms with Gasteiger partial charge in [-0.3, -0.25) is 48.1 Å². The van der Waals surface area contributed by atoms with Crippen LogP contribution in [0.3, 0.4) is 0 Å². The van der Waals surface area contributed by atoms with Crippen LogP contribution in [0.4, 0.5) is 0 Å². The maximum Gasteiger partial charge on any atom is 0.326 e. The molecule has 9 atom stereocenters. The van der Waals surface area contributed by atoms with Crippen LogP contribution in [-0.4, -0.2) is 143 Å². The Balaban J connectivity index is 1.94. The van der Waals surface area contributed by atoms with E-state index in [4.69, 9.17) is 22.9 Å². The van der Waals surface area contributed by atoms with Crippen LogP contribution in [-0.2, 0) is 67.2 Å². The second kappa shape index (κ2) is 34.6. The number of aliphatic hydroxyl groups is 1. The van der Waals surface area contributed by atoms with E-state index in [9.17, 15) is 58.2 Å². The van der Waals surface area contributed by atoms with Crippen molar-refractivity contribution in [1.82, 2.24) is 42.5 Å². The van der Waals surface area contributed by atoms with E-state index in [1.165, 1.54) is 0 Å². The number of hydrogen-bond donors (Lipinski definition) is 14. The maximum absolute atomic E-state index is 14.5. The van der Waals surface area contributed by atoms with Gasteiger partial charge in [-0.25, -0.2) is 4.79 Å². The van der Waals surface area contributed by atoms with Gasteiger partial charge in [0, 0.05) is 19.4 Å². The van der Waals surface area contributed by atoms with E-state index in [-0.39, 0.29) is 69.3 Å². The van der Waals surface area contributed by atoms with E-state index in [2.05, 4.69) is 47.5 Å². The maximum atomic E-state index is 14.5. The number of amides is 9. The molecule has 0 aliphatic carbocycles. The molecule has 0 saturated carbocycles. The van der Waals surface area contributed by atoms with Gasteiger partial charge in [-0.1, -0.05) is 133 Å². The molecule has 0 spiro atoms. The third-order valence-corrected chi connectivity index (χ3v) is 12.8. The number of carbonyl (C=O) groups excluding carboxylic acids is 9. The minimum Gasteiger partial charge on any atom is -0.480 e. The highest BCUT2D eigenvalue weighted by atomic mass is 16.4. The molecule has 25 heteroatoms. The third-order valence-electron chi connectivity index (χ3n) is 12.8. The molecule has 25 nitrogen and oxygen atoms in total. The molecule has 0 saturated heterocycles. The number of nitrogens with two attached hydrogens (primary N) is 4. The Bertz CT molecular complexity index is 2620. The molecule has 0 radical (unpaired) electrons. The summed E-state index contributed by atoms with van der Waals surface area (Å²) < 4.78 is 0. The van der Waals surface area contributed by atoms with Crippen molar-refractivity contribution >= 4 is 65.1 Å². The summed E-state index contributed by atoms with van der Waals surface area (Å²) in [5, 5.41) is 40.4. The second-order valence-corrected chi connectivity index (χ2v) is 21.2. The van der Waals surface area contributed by atoms with E-state index in [0.717, 1.165) is 5.56 Å². The summed E-state index contributed by atoms with van der Waals surface area (Å²) in [6, 6.07) is 13.5. The molecule has 3 rings (SSSR count). The first-order valence-corrected chi connectivity index (χ1v) is 27.3. The average Bonchev–Trinajstić information content (AvgIpc) is 3.46. The molecule has 9 amide bonds. The van der Waals surface area contributed by atoms with E-state index >= 15 is 0 Å². The number of carbonyl (C=O) groups is 10. The van der Waals surface area contributed by atoms with Crippen LogP contribution in [0.25, 0.3) is 0 Å². The molecule has 0 heterocycles. The predicted molar refractivity (Wildman–Crippen MR) is 306 cm³/mol. The molecule has 0 aliphatic rings. The number of nitrogens with zero attached hydrogens (tertiary/aromatic N) is 1. The lowest BCUT2D eigenvalue weighted by Crippen LogP contribution is -2.61. The highest BCUT2D eigenvalue weighted by molar-refractivity contribution is 5.99. The first-order chi connectivity index (χ1) is 38.8. The van der Waals surface area contributed by atoms with Crippen LogP contribution in [0, 0.1) is 17.8 Å². The largest absolute Gasteiger partial charge is 0.480 e.